The molecule has 0 amide bonds. The van der Waals surface area contributed by atoms with Crippen LogP contribution in [0.5, 0.6) is 11.6 Å². The molecule has 1 atom stereocenters. The molecule has 28 heavy (non-hydrogen) atoms. The summed E-state index contributed by atoms with van der Waals surface area (Å²) < 4.78 is 13.7. The molecular weight excluding hydrogens is 420 g/mol. The molecule has 0 radical (unpaired) electrons. The summed E-state index contributed by atoms with van der Waals surface area (Å²) in [4.78, 5) is 0. The van der Waals surface area contributed by atoms with E-state index in [1.807, 2.05) is 55.5 Å². The lowest BCUT2D eigenvalue weighted by atomic mass is 9.84. The van der Waals surface area contributed by atoms with Gasteiger partial charge in [0.2, 0.25) is 11.8 Å². The van der Waals surface area contributed by atoms with E-state index < -0.39 is 0 Å². The molecule has 1 aliphatic rings. The number of rotatable bonds is 3. The monoisotopic (exact) mass is 436 g/mol. The fourth-order valence-corrected chi connectivity index (χ4v) is 4.01. The number of halogens is 1. The van der Waals surface area contributed by atoms with Gasteiger partial charge in [-0.05, 0) is 52.7 Å². The lowest BCUT2D eigenvalue weighted by Crippen LogP contribution is -2.22. The molecule has 1 aromatic heterocycles. The standard InChI is InChI=1S/C21H17BrN4O2/c1-12-18-19(13-8-9-17(27-2)16(22)10-13)15(11-23)20(24)28-21(18)26(25-12)14-6-4-3-5-7-14/h3-10,19H,24H2,1-2H3/t19-/m0/s1. The van der Waals surface area contributed by atoms with Crippen molar-refractivity contribution in [3.8, 4) is 23.4 Å². The summed E-state index contributed by atoms with van der Waals surface area (Å²) in [7, 11) is 1.61. The zero-order valence-electron chi connectivity index (χ0n) is 15.3. The van der Waals surface area contributed by atoms with E-state index in [1.54, 1.807) is 11.8 Å². The van der Waals surface area contributed by atoms with Crippen LogP contribution in [0.25, 0.3) is 5.69 Å². The number of nitrogens with zero attached hydrogens (tertiary/aromatic N) is 3. The first-order valence-electron chi connectivity index (χ1n) is 8.61. The lowest BCUT2D eigenvalue weighted by Gasteiger charge is -2.25. The van der Waals surface area contributed by atoms with Crippen molar-refractivity contribution >= 4 is 15.9 Å². The third kappa shape index (κ3) is 2.83. The maximum atomic E-state index is 9.77. The predicted octanol–water partition coefficient (Wildman–Crippen LogP) is 4.17. The van der Waals surface area contributed by atoms with Crippen LogP contribution in [0.4, 0.5) is 0 Å². The number of hydrogen-bond acceptors (Lipinski definition) is 5. The van der Waals surface area contributed by atoms with Crippen molar-refractivity contribution in [2.75, 3.05) is 7.11 Å². The van der Waals surface area contributed by atoms with Gasteiger partial charge < -0.3 is 15.2 Å². The first-order valence-corrected chi connectivity index (χ1v) is 9.40. The summed E-state index contributed by atoms with van der Waals surface area (Å²) in [5.74, 6) is 0.942. The van der Waals surface area contributed by atoms with Gasteiger partial charge in [-0.2, -0.15) is 10.4 Å². The van der Waals surface area contributed by atoms with Crippen molar-refractivity contribution in [3.63, 3.8) is 0 Å². The first kappa shape index (κ1) is 18.1. The van der Waals surface area contributed by atoms with Crippen LogP contribution >= 0.6 is 15.9 Å². The molecule has 0 saturated heterocycles. The van der Waals surface area contributed by atoms with Gasteiger partial charge in [0.1, 0.15) is 17.4 Å². The second-order valence-electron chi connectivity index (χ2n) is 6.37. The number of nitrogens with two attached hydrogens (primary N) is 1. The van der Waals surface area contributed by atoms with Gasteiger partial charge in [-0.15, -0.1) is 0 Å². The average molecular weight is 437 g/mol. The molecule has 2 N–H and O–H groups in total. The van der Waals surface area contributed by atoms with Crippen LogP contribution in [-0.4, -0.2) is 16.9 Å². The Morgan fingerprint density at radius 1 is 1.25 bits per heavy atom. The molecule has 2 heterocycles. The van der Waals surface area contributed by atoms with E-state index in [1.165, 1.54) is 0 Å². The highest BCUT2D eigenvalue weighted by Gasteiger charge is 2.36. The largest absolute Gasteiger partial charge is 0.496 e. The van der Waals surface area contributed by atoms with Crippen molar-refractivity contribution in [1.82, 2.24) is 9.78 Å². The van der Waals surface area contributed by atoms with Crippen molar-refractivity contribution in [1.29, 1.82) is 5.26 Å². The number of aryl methyl sites for hydroxylation is 1. The highest BCUT2D eigenvalue weighted by atomic mass is 79.9. The summed E-state index contributed by atoms with van der Waals surface area (Å²) in [5.41, 5.74) is 9.85. The summed E-state index contributed by atoms with van der Waals surface area (Å²) in [6.45, 7) is 1.91. The van der Waals surface area contributed by atoms with Gasteiger partial charge in [-0.1, -0.05) is 24.3 Å². The molecule has 0 bridgehead atoms. The quantitative estimate of drug-likeness (QED) is 0.665. The average Bonchev–Trinajstić information content (AvgIpc) is 3.03. The molecule has 2 aromatic carbocycles. The van der Waals surface area contributed by atoms with Crippen LogP contribution < -0.4 is 15.2 Å². The summed E-state index contributed by atoms with van der Waals surface area (Å²) >= 11 is 3.52. The van der Waals surface area contributed by atoms with Gasteiger partial charge in [0.15, 0.2) is 0 Å². The Balaban J connectivity index is 1.94. The molecule has 6 nitrogen and oxygen atoms in total. The minimum absolute atomic E-state index is 0.0871. The molecule has 140 valence electrons. The highest BCUT2D eigenvalue weighted by Crippen LogP contribution is 2.45. The van der Waals surface area contributed by atoms with E-state index in [0.717, 1.165) is 27.0 Å². The summed E-state index contributed by atoms with van der Waals surface area (Å²) in [5, 5.41) is 14.4. The summed E-state index contributed by atoms with van der Waals surface area (Å²) in [6, 6.07) is 17.6. The van der Waals surface area contributed by atoms with E-state index in [2.05, 4.69) is 27.1 Å². The smallest absolute Gasteiger partial charge is 0.229 e. The molecular formula is C21H17BrN4O2. The fraction of sp³-hybridized carbons (Fsp3) is 0.143. The van der Waals surface area contributed by atoms with Gasteiger partial charge in [-0.25, -0.2) is 4.68 Å². The number of fused-ring (bicyclic) bond motifs is 1. The minimum atomic E-state index is -0.381. The van der Waals surface area contributed by atoms with E-state index in [4.69, 9.17) is 15.2 Å². The number of para-hydroxylation sites is 1. The number of nitriles is 1. The minimum Gasteiger partial charge on any atom is -0.496 e. The molecule has 1 aliphatic heterocycles. The molecule has 0 aliphatic carbocycles. The molecule has 0 fully saturated rings. The Morgan fingerprint density at radius 3 is 2.64 bits per heavy atom. The van der Waals surface area contributed by atoms with Gasteiger partial charge >= 0.3 is 0 Å². The number of methoxy groups -OCH3 is 1. The molecule has 0 spiro atoms. The van der Waals surface area contributed by atoms with Crippen LogP contribution in [0, 0.1) is 18.3 Å². The number of hydrogen-bond donors (Lipinski definition) is 1. The Bertz CT molecular complexity index is 1130. The van der Waals surface area contributed by atoms with Crippen LogP contribution in [0.1, 0.15) is 22.7 Å². The summed E-state index contributed by atoms with van der Waals surface area (Å²) in [6.07, 6.45) is 0. The van der Waals surface area contributed by atoms with Gasteiger partial charge in [0.05, 0.1) is 34.4 Å². The molecule has 7 heteroatoms. The van der Waals surface area contributed by atoms with Crippen molar-refractivity contribution in [2.45, 2.75) is 12.8 Å². The second-order valence-corrected chi connectivity index (χ2v) is 7.22. The molecule has 3 aromatic rings. The normalized spacial score (nSPS) is 15.6. The Labute approximate surface area is 170 Å². The van der Waals surface area contributed by atoms with Gasteiger partial charge in [0.25, 0.3) is 0 Å². The van der Waals surface area contributed by atoms with E-state index in [-0.39, 0.29) is 11.8 Å². The number of benzene rings is 2. The van der Waals surface area contributed by atoms with Gasteiger partial charge in [-0.3, -0.25) is 0 Å². The van der Waals surface area contributed by atoms with Crippen molar-refractivity contribution in [2.24, 2.45) is 5.73 Å². The highest BCUT2D eigenvalue weighted by molar-refractivity contribution is 9.10. The number of aromatic nitrogens is 2. The van der Waals surface area contributed by atoms with Crippen LogP contribution in [-0.2, 0) is 0 Å². The SMILES string of the molecule is COc1ccc([C@H]2C(C#N)=C(N)Oc3c2c(C)nn3-c2ccccc2)cc1Br. The maximum absolute atomic E-state index is 9.77. The number of ether oxygens (including phenoxy) is 2. The first-order chi connectivity index (χ1) is 13.5. The third-order valence-corrected chi connectivity index (χ3v) is 5.36. The molecule has 4 rings (SSSR count). The van der Waals surface area contributed by atoms with Crippen molar-refractivity contribution in [3.05, 3.63) is 81.3 Å². The zero-order chi connectivity index (χ0) is 19.8. The topological polar surface area (TPSA) is 86.1 Å². The van der Waals surface area contributed by atoms with Crippen LogP contribution in [0.3, 0.4) is 0 Å². The Hall–Kier alpha value is -3.24. The van der Waals surface area contributed by atoms with Crippen molar-refractivity contribution < 1.29 is 9.47 Å². The van der Waals surface area contributed by atoms with Crippen LogP contribution in [0.2, 0.25) is 0 Å². The predicted molar refractivity (Wildman–Crippen MR) is 108 cm³/mol. The van der Waals surface area contributed by atoms with E-state index >= 15 is 0 Å². The second kappa shape index (κ2) is 7.06. The fourth-order valence-electron chi connectivity index (χ4n) is 3.45. The Kier molecular flexibility index (Phi) is 4.57. The Morgan fingerprint density at radius 2 is 2.00 bits per heavy atom. The molecule has 0 unspecified atom stereocenters. The third-order valence-electron chi connectivity index (χ3n) is 4.74. The zero-order valence-corrected chi connectivity index (χ0v) is 16.9. The molecule has 0 saturated carbocycles. The van der Waals surface area contributed by atoms with E-state index in [0.29, 0.717) is 17.2 Å². The number of allylic oxidation sites excluding steroid dienone is 1. The lowest BCUT2D eigenvalue weighted by molar-refractivity contribution is 0.367. The van der Waals surface area contributed by atoms with Gasteiger partial charge in [0, 0.05) is 0 Å². The van der Waals surface area contributed by atoms with Crippen LogP contribution in [0.15, 0.2) is 64.5 Å². The maximum Gasteiger partial charge on any atom is 0.229 e. The van der Waals surface area contributed by atoms with E-state index in [9.17, 15) is 5.26 Å².